The Bertz CT molecular complexity index is 650. The average molecular weight is 285 g/mol. The van der Waals surface area contributed by atoms with Gasteiger partial charge in [0, 0.05) is 9.86 Å². The molecule has 0 bridgehead atoms. The summed E-state index contributed by atoms with van der Waals surface area (Å²) in [5, 5.41) is 20.5. The summed E-state index contributed by atoms with van der Waals surface area (Å²) in [6.07, 6.45) is 0. The summed E-state index contributed by atoms with van der Waals surface area (Å²) in [7, 11) is 0. The number of nitrogens with zero attached hydrogens (tertiary/aromatic N) is 1. The number of benzene rings is 1. The molecule has 0 saturated heterocycles. The number of hydrogen-bond donors (Lipinski definition) is 2. The molecular weight excluding hydrogens is 280 g/mol. The molecule has 2 rings (SSSR count). The highest BCUT2D eigenvalue weighted by Crippen LogP contribution is 2.31. The topological polar surface area (TPSA) is 96.2 Å². The first-order valence-electron chi connectivity index (χ1n) is 4.19. The quantitative estimate of drug-likeness (QED) is 0.617. The van der Waals surface area contributed by atoms with Crippen LogP contribution in [0.2, 0.25) is 0 Å². The van der Waals surface area contributed by atoms with Gasteiger partial charge in [-0.2, -0.15) is 0 Å². The number of H-pyrrole nitrogens is 1. The van der Waals surface area contributed by atoms with E-state index < -0.39 is 21.9 Å². The van der Waals surface area contributed by atoms with Crippen LogP contribution in [-0.2, 0) is 0 Å². The van der Waals surface area contributed by atoms with Gasteiger partial charge in [0.25, 0.3) is 0 Å². The zero-order valence-electron chi connectivity index (χ0n) is 7.73. The van der Waals surface area contributed by atoms with Crippen molar-refractivity contribution in [3.63, 3.8) is 0 Å². The van der Waals surface area contributed by atoms with Gasteiger partial charge in [-0.1, -0.05) is 15.9 Å². The van der Waals surface area contributed by atoms with Gasteiger partial charge in [-0.05, 0) is 18.2 Å². The number of halogens is 1. The molecule has 7 heteroatoms. The van der Waals surface area contributed by atoms with E-state index in [0.717, 1.165) is 0 Å². The fraction of sp³-hybridized carbons (Fsp3) is 0. The van der Waals surface area contributed by atoms with Crippen molar-refractivity contribution in [2.45, 2.75) is 0 Å². The minimum atomic E-state index is -0.919. The summed E-state index contributed by atoms with van der Waals surface area (Å²) < 4.78 is 0.650. The average Bonchev–Trinajstić information content (AvgIpc) is 2.19. The van der Waals surface area contributed by atoms with E-state index in [1.165, 1.54) is 6.07 Å². The summed E-state index contributed by atoms with van der Waals surface area (Å²) >= 11 is 3.17. The summed E-state index contributed by atoms with van der Waals surface area (Å²) in [4.78, 5) is 23.3. The second kappa shape index (κ2) is 3.60. The number of aromatic nitrogens is 1. The Morgan fingerprint density at radius 1 is 1.44 bits per heavy atom. The Hall–Kier alpha value is -1.89. The smallest absolute Gasteiger partial charge is 0.375 e. The lowest BCUT2D eigenvalue weighted by Crippen LogP contribution is -2.11. The van der Waals surface area contributed by atoms with Gasteiger partial charge in [-0.15, -0.1) is 0 Å². The molecule has 0 atom stereocenters. The number of hydrogen-bond acceptors (Lipinski definition) is 4. The van der Waals surface area contributed by atoms with Gasteiger partial charge in [0.2, 0.25) is 5.75 Å². The number of fused-ring (bicyclic) bond motifs is 1. The zero-order valence-corrected chi connectivity index (χ0v) is 9.32. The Morgan fingerprint density at radius 3 is 2.75 bits per heavy atom. The first kappa shape index (κ1) is 10.6. The Balaban J connectivity index is 2.96. The van der Waals surface area contributed by atoms with E-state index in [0.29, 0.717) is 9.99 Å². The molecular formula is C9H5BrN2O4. The van der Waals surface area contributed by atoms with Gasteiger partial charge in [-0.25, -0.2) is 0 Å². The normalized spacial score (nSPS) is 10.6. The molecule has 82 valence electrons. The second-order valence-corrected chi connectivity index (χ2v) is 4.01. The van der Waals surface area contributed by atoms with Gasteiger partial charge in [0.15, 0.2) is 0 Å². The monoisotopic (exact) mass is 284 g/mol. The molecule has 0 unspecified atom stereocenters. The van der Waals surface area contributed by atoms with Crippen molar-refractivity contribution in [1.82, 2.24) is 4.98 Å². The van der Waals surface area contributed by atoms with Crippen molar-refractivity contribution >= 4 is 32.5 Å². The SMILES string of the molecule is O=c1[nH]c2ccc(Br)cc2c(O)c1[N+](=O)[O-]. The zero-order chi connectivity index (χ0) is 11.9. The Morgan fingerprint density at radius 2 is 2.12 bits per heavy atom. The van der Waals surface area contributed by atoms with Crippen LogP contribution in [-0.4, -0.2) is 15.0 Å². The van der Waals surface area contributed by atoms with Crippen LogP contribution in [0.15, 0.2) is 27.5 Å². The standard InChI is InChI=1S/C9H5BrN2O4/c10-4-1-2-6-5(3-4)8(13)7(12(15)16)9(14)11-6/h1-3H,(H2,11,13,14). The van der Waals surface area contributed by atoms with E-state index in [-0.39, 0.29) is 5.39 Å². The van der Waals surface area contributed by atoms with Crippen LogP contribution >= 0.6 is 15.9 Å². The van der Waals surface area contributed by atoms with E-state index in [9.17, 15) is 20.0 Å². The number of aromatic amines is 1. The largest absolute Gasteiger partial charge is 0.501 e. The Labute approximate surface area is 96.8 Å². The van der Waals surface area contributed by atoms with Crippen LogP contribution < -0.4 is 5.56 Å². The van der Waals surface area contributed by atoms with Gasteiger partial charge < -0.3 is 10.1 Å². The minimum Gasteiger partial charge on any atom is -0.501 e. The van der Waals surface area contributed by atoms with Crippen LogP contribution in [0.25, 0.3) is 10.9 Å². The van der Waals surface area contributed by atoms with Crippen LogP contribution in [0.3, 0.4) is 0 Å². The molecule has 0 aliphatic heterocycles. The molecule has 0 aliphatic rings. The van der Waals surface area contributed by atoms with Crippen molar-refractivity contribution < 1.29 is 10.0 Å². The maximum atomic E-state index is 11.3. The van der Waals surface area contributed by atoms with E-state index in [4.69, 9.17) is 0 Å². The molecule has 2 N–H and O–H groups in total. The van der Waals surface area contributed by atoms with Crippen molar-refractivity contribution in [3.8, 4) is 5.75 Å². The number of pyridine rings is 1. The van der Waals surface area contributed by atoms with Crippen LogP contribution in [0.5, 0.6) is 5.75 Å². The van der Waals surface area contributed by atoms with E-state index in [1.54, 1.807) is 12.1 Å². The summed E-state index contributed by atoms with van der Waals surface area (Å²) in [5.41, 5.74) is -1.42. The van der Waals surface area contributed by atoms with Crippen LogP contribution in [0, 0.1) is 10.1 Å². The predicted octanol–water partition coefficient (Wildman–Crippen LogP) is 1.90. The molecule has 0 radical (unpaired) electrons. The molecule has 1 heterocycles. The van der Waals surface area contributed by atoms with Crippen LogP contribution in [0.4, 0.5) is 5.69 Å². The third-order valence-electron chi connectivity index (χ3n) is 2.11. The molecule has 6 nitrogen and oxygen atoms in total. The van der Waals surface area contributed by atoms with Crippen molar-refractivity contribution in [2.75, 3.05) is 0 Å². The lowest BCUT2D eigenvalue weighted by atomic mass is 10.2. The summed E-state index contributed by atoms with van der Waals surface area (Å²) in [6.45, 7) is 0. The minimum absolute atomic E-state index is 0.223. The highest BCUT2D eigenvalue weighted by atomic mass is 79.9. The molecule has 1 aromatic carbocycles. The fourth-order valence-electron chi connectivity index (χ4n) is 1.41. The molecule has 2 aromatic rings. The first-order valence-corrected chi connectivity index (χ1v) is 4.99. The lowest BCUT2D eigenvalue weighted by Gasteiger charge is -2.01. The highest BCUT2D eigenvalue weighted by Gasteiger charge is 2.22. The summed E-state index contributed by atoms with van der Waals surface area (Å²) in [5.74, 6) is -0.620. The second-order valence-electron chi connectivity index (χ2n) is 3.10. The molecule has 0 saturated carbocycles. The number of nitrogens with one attached hydrogen (secondary N) is 1. The van der Waals surface area contributed by atoms with Gasteiger partial charge in [-0.3, -0.25) is 14.9 Å². The molecule has 0 fully saturated rings. The maximum Gasteiger partial charge on any atom is 0.375 e. The van der Waals surface area contributed by atoms with E-state index in [2.05, 4.69) is 20.9 Å². The number of nitro groups is 1. The van der Waals surface area contributed by atoms with Crippen molar-refractivity contribution in [2.24, 2.45) is 0 Å². The van der Waals surface area contributed by atoms with Crippen molar-refractivity contribution in [1.29, 1.82) is 0 Å². The van der Waals surface area contributed by atoms with Crippen molar-refractivity contribution in [3.05, 3.63) is 43.1 Å². The predicted molar refractivity (Wildman–Crippen MR) is 60.6 cm³/mol. The number of rotatable bonds is 1. The fourth-order valence-corrected chi connectivity index (χ4v) is 1.77. The molecule has 1 aromatic heterocycles. The van der Waals surface area contributed by atoms with E-state index >= 15 is 0 Å². The maximum absolute atomic E-state index is 11.3. The molecule has 0 amide bonds. The first-order chi connectivity index (χ1) is 7.50. The molecule has 0 aliphatic carbocycles. The van der Waals surface area contributed by atoms with Gasteiger partial charge >= 0.3 is 11.2 Å². The lowest BCUT2D eigenvalue weighted by molar-refractivity contribution is -0.387. The third-order valence-corrected chi connectivity index (χ3v) is 2.60. The molecule has 0 spiro atoms. The number of aromatic hydroxyl groups is 1. The van der Waals surface area contributed by atoms with E-state index in [1.807, 2.05) is 0 Å². The van der Waals surface area contributed by atoms with Gasteiger partial charge in [0.1, 0.15) is 0 Å². The molecule has 16 heavy (non-hydrogen) atoms. The summed E-state index contributed by atoms with van der Waals surface area (Å²) in [6, 6.07) is 4.70. The highest BCUT2D eigenvalue weighted by molar-refractivity contribution is 9.10. The third kappa shape index (κ3) is 1.54. The Kier molecular flexibility index (Phi) is 2.39. The van der Waals surface area contributed by atoms with Gasteiger partial charge in [0.05, 0.1) is 10.4 Å². The van der Waals surface area contributed by atoms with Crippen LogP contribution in [0.1, 0.15) is 0 Å².